The van der Waals surface area contributed by atoms with E-state index in [1.807, 2.05) is 0 Å². The average Bonchev–Trinajstić information content (AvgIpc) is 2.58. The van der Waals surface area contributed by atoms with Gasteiger partial charge in [-0.3, -0.25) is 10.2 Å². The van der Waals surface area contributed by atoms with Gasteiger partial charge >= 0.3 is 11.4 Å². The second kappa shape index (κ2) is 13.5. The number of carboxylic acid groups (broad SMARTS) is 1. The molecule has 0 aliphatic heterocycles. The number of carbonyl (C=O) groups is 3. The molecular formula is C16H23ClN4O5. The minimum atomic E-state index is -1.09. The number of guanidine groups is 1. The summed E-state index contributed by atoms with van der Waals surface area (Å²) in [7, 11) is 0. The van der Waals surface area contributed by atoms with Crippen molar-refractivity contribution in [3.8, 4) is 0 Å². The van der Waals surface area contributed by atoms with Crippen LogP contribution in [0.25, 0.3) is 0 Å². The fraction of sp³-hybridized carbons (Fsp3) is 0.375. The smallest absolute Gasteiger partial charge is 0.403 e. The molecular weight excluding hydrogens is 364 g/mol. The molecule has 1 atom stereocenters. The standard InChI is InChI=1S/C13H18N4O3.C3H5ClO2/c14-13(15)16-8-4-7-10(12(19)20)17-11(18)9-5-2-1-3-6-9;1-2-6-3(4)5/h1-3,5-6,10H,4,7-8H2,(H,17,18)(H,19,20)(H4,14,15,16);2H2,1H3. The highest BCUT2D eigenvalue weighted by Gasteiger charge is 2.19. The van der Waals surface area contributed by atoms with Crippen LogP contribution in [0.5, 0.6) is 0 Å². The van der Waals surface area contributed by atoms with Crippen molar-refractivity contribution in [2.24, 2.45) is 5.73 Å². The number of carboxylic acids is 1. The molecule has 0 radical (unpaired) electrons. The maximum Gasteiger partial charge on any atom is 0.403 e. The number of ether oxygens (including phenoxy) is 1. The van der Waals surface area contributed by atoms with Crippen LogP contribution in [0.15, 0.2) is 30.3 Å². The number of rotatable bonds is 8. The third-order valence-electron chi connectivity index (χ3n) is 2.88. The quantitative estimate of drug-likeness (QED) is 0.196. The van der Waals surface area contributed by atoms with Crippen LogP contribution in [0.2, 0.25) is 0 Å². The summed E-state index contributed by atoms with van der Waals surface area (Å²) in [5.74, 6) is -1.67. The lowest BCUT2D eigenvalue weighted by molar-refractivity contribution is -0.139. The van der Waals surface area contributed by atoms with E-state index in [0.717, 1.165) is 0 Å². The summed E-state index contributed by atoms with van der Waals surface area (Å²) in [4.78, 5) is 32.5. The van der Waals surface area contributed by atoms with Crippen LogP contribution in [0, 0.1) is 5.41 Å². The molecule has 0 aliphatic rings. The zero-order chi connectivity index (χ0) is 19.9. The summed E-state index contributed by atoms with van der Waals surface area (Å²) in [5.41, 5.74) is 4.79. The Balaban J connectivity index is 0.000000896. The lowest BCUT2D eigenvalue weighted by Gasteiger charge is -2.14. The number of benzene rings is 1. The van der Waals surface area contributed by atoms with Gasteiger partial charge in [0, 0.05) is 23.7 Å². The first-order valence-corrected chi connectivity index (χ1v) is 8.14. The predicted molar refractivity (Wildman–Crippen MR) is 97.4 cm³/mol. The summed E-state index contributed by atoms with van der Waals surface area (Å²) >= 11 is 4.72. The fourth-order valence-corrected chi connectivity index (χ4v) is 1.84. The molecule has 9 nitrogen and oxygen atoms in total. The Bertz CT molecular complexity index is 598. The first kappa shape index (κ1) is 23.2. The lowest BCUT2D eigenvalue weighted by atomic mass is 10.1. The van der Waals surface area contributed by atoms with E-state index in [1.165, 1.54) is 0 Å². The van der Waals surface area contributed by atoms with E-state index >= 15 is 0 Å². The van der Waals surface area contributed by atoms with Crippen molar-refractivity contribution in [2.45, 2.75) is 25.8 Å². The first-order chi connectivity index (χ1) is 12.3. The molecule has 0 saturated carbocycles. The number of halogens is 1. The second-order valence-corrected chi connectivity index (χ2v) is 5.19. The van der Waals surface area contributed by atoms with E-state index in [4.69, 9.17) is 27.9 Å². The molecule has 1 unspecified atom stereocenters. The van der Waals surface area contributed by atoms with Crippen LogP contribution in [-0.4, -0.2) is 47.6 Å². The van der Waals surface area contributed by atoms with Crippen LogP contribution in [0.1, 0.15) is 30.1 Å². The van der Waals surface area contributed by atoms with E-state index in [1.54, 1.807) is 37.3 Å². The van der Waals surface area contributed by atoms with Crippen molar-refractivity contribution >= 4 is 34.9 Å². The number of nitrogens with two attached hydrogens (primary N) is 1. The highest BCUT2D eigenvalue weighted by atomic mass is 35.5. The Morgan fingerprint density at radius 1 is 1.31 bits per heavy atom. The van der Waals surface area contributed by atoms with Crippen molar-refractivity contribution in [3.05, 3.63) is 35.9 Å². The van der Waals surface area contributed by atoms with Gasteiger partial charge < -0.3 is 26.2 Å². The van der Waals surface area contributed by atoms with Crippen LogP contribution < -0.4 is 16.4 Å². The second-order valence-electron chi connectivity index (χ2n) is 4.88. The van der Waals surface area contributed by atoms with E-state index < -0.39 is 23.3 Å². The van der Waals surface area contributed by atoms with Crippen LogP contribution in [0.3, 0.4) is 0 Å². The van der Waals surface area contributed by atoms with E-state index in [0.29, 0.717) is 25.1 Å². The molecule has 1 amide bonds. The molecule has 0 spiro atoms. The molecule has 0 saturated heterocycles. The number of aliphatic carboxylic acids is 1. The van der Waals surface area contributed by atoms with Gasteiger partial charge in [0.2, 0.25) is 0 Å². The molecule has 144 valence electrons. The van der Waals surface area contributed by atoms with Gasteiger partial charge in [-0.05, 0) is 31.9 Å². The monoisotopic (exact) mass is 386 g/mol. The number of hydrogen-bond acceptors (Lipinski definition) is 5. The minimum absolute atomic E-state index is 0.162. The zero-order valence-corrected chi connectivity index (χ0v) is 15.1. The first-order valence-electron chi connectivity index (χ1n) is 7.76. The van der Waals surface area contributed by atoms with Crippen molar-refractivity contribution in [2.75, 3.05) is 13.2 Å². The van der Waals surface area contributed by atoms with Gasteiger partial charge in [0.1, 0.15) is 6.04 Å². The van der Waals surface area contributed by atoms with Crippen molar-refractivity contribution in [3.63, 3.8) is 0 Å². The van der Waals surface area contributed by atoms with Gasteiger partial charge in [-0.1, -0.05) is 18.2 Å². The molecule has 1 aromatic carbocycles. The highest BCUT2D eigenvalue weighted by Crippen LogP contribution is 2.02. The zero-order valence-electron chi connectivity index (χ0n) is 14.3. The van der Waals surface area contributed by atoms with E-state index in [-0.39, 0.29) is 12.4 Å². The molecule has 0 aliphatic carbocycles. The fourth-order valence-electron chi connectivity index (χ4n) is 1.73. The average molecular weight is 387 g/mol. The molecule has 1 rings (SSSR count). The largest absolute Gasteiger partial charge is 0.480 e. The van der Waals surface area contributed by atoms with E-state index in [9.17, 15) is 14.4 Å². The highest BCUT2D eigenvalue weighted by molar-refractivity contribution is 6.61. The third kappa shape index (κ3) is 11.7. The summed E-state index contributed by atoms with van der Waals surface area (Å²) in [6, 6.07) is 7.47. The van der Waals surface area contributed by atoms with Gasteiger partial charge in [-0.15, -0.1) is 0 Å². The maximum absolute atomic E-state index is 11.9. The Labute approximate surface area is 156 Å². The van der Waals surface area contributed by atoms with Crippen LogP contribution in [0.4, 0.5) is 4.79 Å². The number of hydrogen-bond donors (Lipinski definition) is 5. The normalized spacial score (nSPS) is 10.5. The number of carbonyl (C=O) groups excluding carboxylic acids is 2. The SMILES string of the molecule is CCOC(=O)Cl.N=C(N)NCCCC(NC(=O)c1ccccc1)C(=O)O. The summed E-state index contributed by atoms with van der Waals surface area (Å²) in [6.07, 6.45) is 0.736. The molecule has 0 aromatic heterocycles. The van der Waals surface area contributed by atoms with Gasteiger partial charge in [-0.25, -0.2) is 9.59 Å². The van der Waals surface area contributed by atoms with Crippen molar-refractivity contribution < 1.29 is 24.2 Å². The number of amides is 1. The molecule has 10 heteroatoms. The molecule has 1 aromatic rings. The van der Waals surface area contributed by atoms with Gasteiger partial charge in [0.05, 0.1) is 6.61 Å². The Morgan fingerprint density at radius 2 is 1.92 bits per heavy atom. The van der Waals surface area contributed by atoms with Crippen molar-refractivity contribution in [1.82, 2.24) is 10.6 Å². The van der Waals surface area contributed by atoms with Gasteiger partial charge in [-0.2, -0.15) is 0 Å². The summed E-state index contributed by atoms with van der Waals surface area (Å²) in [6.45, 7) is 2.43. The molecule has 6 N–H and O–H groups in total. The maximum atomic E-state index is 11.9. The van der Waals surface area contributed by atoms with Crippen molar-refractivity contribution in [1.29, 1.82) is 5.41 Å². The lowest BCUT2D eigenvalue weighted by Crippen LogP contribution is -2.41. The van der Waals surface area contributed by atoms with Gasteiger partial charge in [0.25, 0.3) is 5.91 Å². The molecule has 0 heterocycles. The summed E-state index contributed by atoms with van der Waals surface area (Å²) < 4.78 is 4.17. The molecule has 0 fully saturated rings. The van der Waals surface area contributed by atoms with Gasteiger partial charge in [0.15, 0.2) is 5.96 Å². The van der Waals surface area contributed by atoms with E-state index in [2.05, 4.69) is 15.4 Å². The Hall–Kier alpha value is -2.81. The van der Waals surface area contributed by atoms with Crippen LogP contribution >= 0.6 is 11.6 Å². The third-order valence-corrected chi connectivity index (χ3v) is 2.99. The minimum Gasteiger partial charge on any atom is -0.480 e. The topological polar surface area (TPSA) is 155 Å². The molecule has 26 heavy (non-hydrogen) atoms. The predicted octanol–water partition coefficient (Wildman–Crippen LogP) is 1.51. The Kier molecular flexibility index (Phi) is 12.0. The number of nitrogens with one attached hydrogen (secondary N) is 3. The van der Waals surface area contributed by atoms with Crippen LogP contribution in [-0.2, 0) is 9.53 Å². The summed E-state index contributed by atoms with van der Waals surface area (Å²) in [5, 5.41) is 21.1. The Morgan fingerprint density at radius 3 is 2.35 bits per heavy atom. The molecule has 0 bridgehead atoms.